The molecule has 6 heteroatoms. The van der Waals surface area contributed by atoms with Crippen molar-refractivity contribution in [2.24, 2.45) is 11.5 Å². The van der Waals surface area contributed by atoms with E-state index in [0.717, 1.165) is 0 Å². The maximum atomic E-state index is 10.7. The normalized spacial score (nSPS) is 15.0. The summed E-state index contributed by atoms with van der Waals surface area (Å²) in [5, 5.41) is 8.42. The van der Waals surface area contributed by atoms with Crippen molar-refractivity contribution >= 4 is 23.5 Å². The predicted molar refractivity (Wildman–Crippen MR) is 51.6 cm³/mol. The molecule has 0 heterocycles. The molecule has 0 saturated carbocycles. The lowest BCUT2D eigenvalue weighted by Crippen LogP contribution is -2.35. The Bertz CT molecular complexity index is 178. The summed E-state index contributed by atoms with van der Waals surface area (Å²) in [4.78, 5) is 20.9. The number of rotatable bonds is 6. The zero-order chi connectivity index (χ0) is 10.4. The van der Waals surface area contributed by atoms with Crippen molar-refractivity contribution < 1.29 is 14.7 Å². The minimum absolute atomic E-state index is 0.101. The molecule has 0 saturated heterocycles. The Morgan fingerprint density at radius 2 is 1.77 bits per heavy atom. The summed E-state index contributed by atoms with van der Waals surface area (Å²) in [6.45, 7) is 1.41. The van der Waals surface area contributed by atoms with Gasteiger partial charge < -0.3 is 16.6 Å². The number of thioether (sulfide) groups is 1. The average Bonchev–Trinajstić information content (AvgIpc) is 2.03. The molecule has 0 fully saturated rings. The molecule has 2 atom stereocenters. The first kappa shape index (κ1) is 12.4. The molecule has 0 aromatic rings. The van der Waals surface area contributed by atoms with Crippen LogP contribution in [0.15, 0.2) is 0 Å². The second-order valence-electron chi connectivity index (χ2n) is 2.70. The van der Waals surface area contributed by atoms with Gasteiger partial charge in [0.1, 0.15) is 11.8 Å². The quantitative estimate of drug-likeness (QED) is 0.517. The van der Waals surface area contributed by atoms with Crippen LogP contribution in [0.4, 0.5) is 0 Å². The van der Waals surface area contributed by atoms with E-state index in [1.54, 1.807) is 0 Å². The van der Waals surface area contributed by atoms with Crippen LogP contribution in [0.25, 0.3) is 0 Å². The number of hydrogen-bond donors (Lipinski definition) is 3. The third-order valence-electron chi connectivity index (χ3n) is 1.43. The molecule has 13 heavy (non-hydrogen) atoms. The Morgan fingerprint density at radius 1 is 1.31 bits per heavy atom. The van der Waals surface area contributed by atoms with Crippen molar-refractivity contribution in [3.05, 3.63) is 0 Å². The number of carbonyl (C=O) groups is 2. The van der Waals surface area contributed by atoms with Gasteiger partial charge in [-0.05, 0) is 6.92 Å². The number of carbonyl (C=O) groups excluding carboxylic acids is 1. The van der Waals surface area contributed by atoms with E-state index in [9.17, 15) is 9.59 Å². The number of Topliss-reactive ketones (excluding diaryl/α,β-unsaturated/α-hetero) is 1. The molecule has 0 spiro atoms. The molecule has 0 unspecified atom stereocenters. The van der Waals surface area contributed by atoms with Crippen LogP contribution in [0.3, 0.4) is 0 Å². The van der Waals surface area contributed by atoms with Crippen LogP contribution >= 0.6 is 11.8 Å². The van der Waals surface area contributed by atoms with Gasteiger partial charge in [-0.2, -0.15) is 11.8 Å². The number of carboxylic acid groups (broad SMARTS) is 1. The standard InChI is InChI=1S/C7H14N2O3S/c1-4(10)5(8)2-13-3-6(9)7(11)12/h5-6H,2-3,8-9H2,1H3,(H,11,12)/t5-,6-/m0/s1. The van der Waals surface area contributed by atoms with E-state index < -0.39 is 18.1 Å². The van der Waals surface area contributed by atoms with Gasteiger partial charge in [-0.15, -0.1) is 0 Å². The number of nitrogens with two attached hydrogens (primary N) is 2. The van der Waals surface area contributed by atoms with Crippen molar-refractivity contribution in [2.75, 3.05) is 11.5 Å². The summed E-state index contributed by atoms with van der Waals surface area (Å²) in [6.07, 6.45) is 0. The fraction of sp³-hybridized carbons (Fsp3) is 0.714. The van der Waals surface area contributed by atoms with Crippen molar-refractivity contribution in [3.63, 3.8) is 0 Å². The van der Waals surface area contributed by atoms with Crippen molar-refractivity contribution in [1.82, 2.24) is 0 Å². The highest BCUT2D eigenvalue weighted by molar-refractivity contribution is 7.99. The summed E-state index contributed by atoms with van der Waals surface area (Å²) in [7, 11) is 0. The lowest BCUT2D eigenvalue weighted by atomic mass is 10.3. The summed E-state index contributed by atoms with van der Waals surface area (Å²) < 4.78 is 0. The van der Waals surface area contributed by atoms with E-state index >= 15 is 0 Å². The van der Waals surface area contributed by atoms with Gasteiger partial charge in [-0.3, -0.25) is 9.59 Å². The van der Waals surface area contributed by atoms with E-state index in [4.69, 9.17) is 16.6 Å². The van der Waals surface area contributed by atoms with Gasteiger partial charge >= 0.3 is 5.97 Å². The molecule has 0 aliphatic rings. The maximum Gasteiger partial charge on any atom is 0.321 e. The minimum Gasteiger partial charge on any atom is -0.480 e. The second kappa shape index (κ2) is 5.95. The van der Waals surface area contributed by atoms with E-state index in [0.29, 0.717) is 5.75 Å². The zero-order valence-corrected chi connectivity index (χ0v) is 8.21. The molecular formula is C7H14N2O3S. The topological polar surface area (TPSA) is 106 Å². The first-order valence-corrected chi connectivity index (χ1v) is 4.92. The predicted octanol–water partition coefficient (Wildman–Crippen LogP) is -0.952. The smallest absolute Gasteiger partial charge is 0.321 e. The summed E-state index contributed by atoms with van der Waals surface area (Å²) in [5.41, 5.74) is 10.7. The van der Waals surface area contributed by atoms with Gasteiger partial charge in [0.15, 0.2) is 0 Å². The van der Waals surface area contributed by atoms with E-state index in [1.807, 2.05) is 0 Å². The van der Waals surface area contributed by atoms with Gasteiger partial charge in [0.05, 0.1) is 6.04 Å². The van der Waals surface area contributed by atoms with E-state index in [-0.39, 0.29) is 11.5 Å². The van der Waals surface area contributed by atoms with Crippen molar-refractivity contribution in [1.29, 1.82) is 0 Å². The van der Waals surface area contributed by atoms with Crippen LogP contribution in [0.1, 0.15) is 6.92 Å². The van der Waals surface area contributed by atoms with Gasteiger partial charge in [-0.25, -0.2) is 0 Å². The Labute approximate surface area is 80.8 Å². The Kier molecular flexibility index (Phi) is 5.68. The summed E-state index contributed by atoms with van der Waals surface area (Å²) in [5.74, 6) is -0.451. The highest BCUT2D eigenvalue weighted by Gasteiger charge is 2.13. The van der Waals surface area contributed by atoms with Gasteiger partial charge in [-0.1, -0.05) is 0 Å². The van der Waals surface area contributed by atoms with Crippen LogP contribution in [-0.2, 0) is 9.59 Å². The molecule has 0 aliphatic heterocycles. The molecule has 5 nitrogen and oxygen atoms in total. The molecule has 0 aromatic carbocycles. The average molecular weight is 206 g/mol. The van der Waals surface area contributed by atoms with Crippen LogP contribution < -0.4 is 11.5 Å². The molecule has 0 amide bonds. The third kappa shape index (κ3) is 5.62. The fourth-order valence-corrected chi connectivity index (χ4v) is 1.53. The lowest BCUT2D eigenvalue weighted by molar-refractivity contribution is -0.137. The first-order valence-electron chi connectivity index (χ1n) is 3.77. The minimum atomic E-state index is -1.04. The molecule has 0 aliphatic carbocycles. The molecule has 0 radical (unpaired) electrons. The summed E-state index contributed by atoms with van der Waals surface area (Å²) in [6, 6.07) is -1.41. The Hall–Kier alpha value is -0.590. The highest BCUT2D eigenvalue weighted by atomic mass is 32.2. The largest absolute Gasteiger partial charge is 0.480 e. The van der Waals surface area contributed by atoms with Gasteiger partial charge in [0, 0.05) is 11.5 Å². The van der Waals surface area contributed by atoms with Gasteiger partial charge in [0.25, 0.3) is 0 Å². The Morgan fingerprint density at radius 3 is 2.15 bits per heavy atom. The third-order valence-corrected chi connectivity index (χ3v) is 2.62. The lowest BCUT2D eigenvalue weighted by Gasteiger charge is -2.08. The Balaban J connectivity index is 3.56. The number of hydrogen-bond acceptors (Lipinski definition) is 5. The molecule has 5 N–H and O–H groups in total. The summed E-state index contributed by atoms with van der Waals surface area (Å²) >= 11 is 1.27. The van der Waals surface area contributed by atoms with Crippen molar-refractivity contribution in [3.8, 4) is 0 Å². The van der Waals surface area contributed by atoms with Crippen LogP contribution in [0.5, 0.6) is 0 Å². The van der Waals surface area contributed by atoms with E-state index in [1.165, 1.54) is 18.7 Å². The van der Waals surface area contributed by atoms with Gasteiger partial charge in [0.2, 0.25) is 0 Å². The fourth-order valence-electron chi connectivity index (χ4n) is 0.511. The molecule has 76 valence electrons. The first-order chi connectivity index (χ1) is 5.95. The van der Waals surface area contributed by atoms with Crippen molar-refractivity contribution in [2.45, 2.75) is 19.0 Å². The number of carboxylic acids is 1. The molecular weight excluding hydrogens is 192 g/mol. The molecule has 0 bridgehead atoms. The monoisotopic (exact) mass is 206 g/mol. The van der Waals surface area contributed by atoms with Crippen LogP contribution in [0.2, 0.25) is 0 Å². The van der Waals surface area contributed by atoms with Crippen LogP contribution in [-0.4, -0.2) is 40.4 Å². The zero-order valence-electron chi connectivity index (χ0n) is 7.40. The molecule has 0 aromatic heterocycles. The highest BCUT2D eigenvalue weighted by Crippen LogP contribution is 2.03. The molecule has 0 rings (SSSR count). The second-order valence-corrected chi connectivity index (χ2v) is 3.77. The van der Waals surface area contributed by atoms with E-state index in [2.05, 4.69) is 0 Å². The SMILES string of the molecule is CC(=O)[C@@H](N)CSC[C@H](N)C(=O)O. The number of ketones is 1. The maximum absolute atomic E-state index is 10.7. The van der Waals surface area contributed by atoms with Crippen LogP contribution in [0, 0.1) is 0 Å². The number of aliphatic carboxylic acids is 1.